The van der Waals surface area contributed by atoms with Gasteiger partial charge in [-0.25, -0.2) is 0 Å². The number of halogens is 1. The van der Waals surface area contributed by atoms with Gasteiger partial charge in [0.15, 0.2) is 8.32 Å². The fourth-order valence-corrected chi connectivity index (χ4v) is 2.79. The van der Waals surface area contributed by atoms with E-state index in [0.29, 0.717) is 6.61 Å². The lowest BCUT2D eigenvalue weighted by atomic mass is 10.2. The Morgan fingerprint density at radius 1 is 1.22 bits per heavy atom. The molecule has 0 N–H and O–H groups in total. The fraction of sp³-hybridized carbons (Fsp3) is 0.571. The van der Waals surface area contributed by atoms with Crippen molar-refractivity contribution < 1.29 is 9.16 Å². The second-order valence-electron chi connectivity index (χ2n) is 5.98. The molecular formula is C14H23BrO2Si. The Morgan fingerprint density at radius 2 is 1.83 bits per heavy atom. The quantitative estimate of drug-likeness (QED) is 0.725. The summed E-state index contributed by atoms with van der Waals surface area (Å²) in [4.78, 5) is 0. The van der Waals surface area contributed by atoms with Crippen LogP contribution in [0.2, 0.25) is 18.1 Å². The summed E-state index contributed by atoms with van der Waals surface area (Å²) < 4.78 is 12.5. The summed E-state index contributed by atoms with van der Waals surface area (Å²) in [5.41, 5.74) is 1.14. The Balaban J connectivity index is 2.82. The zero-order chi connectivity index (χ0) is 14.0. The van der Waals surface area contributed by atoms with Crippen LogP contribution >= 0.6 is 15.9 Å². The summed E-state index contributed by atoms with van der Waals surface area (Å²) in [6, 6.07) is 6.01. The molecule has 0 unspecified atom stereocenters. The van der Waals surface area contributed by atoms with Crippen molar-refractivity contribution in [1.29, 1.82) is 0 Å². The third kappa shape index (κ3) is 3.59. The van der Waals surface area contributed by atoms with Crippen LogP contribution in [0, 0.1) is 0 Å². The van der Waals surface area contributed by atoms with E-state index in [0.717, 1.165) is 15.8 Å². The Kier molecular flexibility index (Phi) is 5.03. The Bertz CT molecular complexity index is 411. The maximum absolute atomic E-state index is 6.21. The lowest BCUT2D eigenvalue weighted by molar-refractivity contribution is 0.275. The standard InChI is InChI=1S/C14H23BrO2Si/c1-14(2,3)18(5,6)17-10-11-8-7-9-12(16-4)13(11)15/h7-9H,10H2,1-6H3. The summed E-state index contributed by atoms with van der Waals surface area (Å²) in [5.74, 6) is 0.853. The van der Waals surface area contributed by atoms with Crippen molar-refractivity contribution in [1.82, 2.24) is 0 Å². The molecule has 0 aliphatic carbocycles. The topological polar surface area (TPSA) is 18.5 Å². The van der Waals surface area contributed by atoms with E-state index in [-0.39, 0.29) is 5.04 Å². The summed E-state index contributed by atoms with van der Waals surface area (Å²) in [7, 11) is -0.0207. The monoisotopic (exact) mass is 330 g/mol. The molecule has 18 heavy (non-hydrogen) atoms. The highest BCUT2D eigenvalue weighted by molar-refractivity contribution is 9.10. The third-order valence-electron chi connectivity index (χ3n) is 3.66. The highest BCUT2D eigenvalue weighted by atomic mass is 79.9. The molecule has 0 aromatic heterocycles. The molecule has 4 heteroatoms. The predicted molar refractivity (Wildman–Crippen MR) is 82.7 cm³/mol. The number of ether oxygens (including phenoxy) is 1. The first-order valence-corrected chi connectivity index (χ1v) is 9.84. The van der Waals surface area contributed by atoms with E-state index < -0.39 is 8.32 Å². The minimum Gasteiger partial charge on any atom is -0.496 e. The van der Waals surface area contributed by atoms with Crippen molar-refractivity contribution in [3.63, 3.8) is 0 Å². The van der Waals surface area contributed by atoms with E-state index in [2.05, 4.69) is 55.9 Å². The van der Waals surface area contributed by atoms with Crippen LogP contribution in [0.4, 0.5) is 0 Å². The van der Waals surface area contributed by atoms with Crippen LogP contribution in [0.1, 0.15) is 26.3 Å². The molecule has 0 saturated carbocycles. The van der Waals surface area contributed by atoms with E-state index in [1.54, 1.807) is 7.11 Å². The van der Waals surface area contributed by atoms with Crippen LogP contribution in [0.15, 0.2) is 22.7 Å². The molecule has 1 aromatic rings. The normalized spacial score (nSPS) is 12.6. The maximum Gasteiger partial charge on any atom is 0.192 e. The van der Waals surface area contributed by atoms with Gasteiger partial charge in [-0.1, -0.05) is 32.9 Å². The highest BCUT2D eigenvalue weighted by Gasteiger charge is 2.37. The van der Waals surface area contributed by atoms with Gasteiger partial charge >= 0.3 is 0 Å². The highest BCUT2D eigenvalue weighted by Crippen LogP contribution is 2.38. The van der Waals surface area contributed by atoms with Gasteiger partial charge in [0.05, 0.1) is 18.2 Å². The molecule has 0 radical (unpaired) electrons. The van der Waals surface area contributed by atoms with Gasteiger partial charge in [0.25, 0.3) is 0 Å². The molecule has 102 valence electrons. The number of hydrogen-bond acceptors (Lipinski definition) is 2. The Hall–Kier alpha value is -0.323. The molecule has 0 atom stereocenters. The minimum absolute atomic E-state index is 0.234. The molecule has 2 nitrogen and oxygen atoms in total. The van der Waals surface area contributed by atoms with Gasteiger partial charge in [-0.3, -0.25) is 0 Å². The van der Waals surface area contributed by atoms with Crippen molar-refractivity contribution >= 4 is 24.2 Å². The first-order valence-electron chi connectivity index (χ1n) is 6.14. The van der Waals surface area contributed by atoms with E-state index in [1.807, 2.05) is 12.1 Å². The average Bonchev–Trinajstić information content (AvgIpc) is 2.26. The van der Waals surface area contributed by atoms with E-state index in [4.69, 9.17) is 9.16 Å². The smallest absolute Gasteiger partial charge is 0.192 e. The number of benzene rings is 1. The van der Waals surface area contributed by atoms with Crippen molar-refractivity contribution in [2.75, 3.05) is 7.11 Å². The largest absolute Gasteiger partial charge is 0.496 e. The number of rotatable bonds is 4. The summed E-state index contributed by atoms with van der Waals surface area (Å²) in [6.07, 6.45) is 0. The van der Waals surface area contributed by atoms with Crippen molar-refractivity contribution in [2.45, 2.75) is 45.5 Å². The van der Waals surface area contributed by atoms with E-state index in [9.17, 15) is 0 Å². The van der Waals surface area contributed by atoms with Gasteiger partial charge < -0.3 is 9.16 Å². The molecule has 0 bridgehead atoms. The molecular weight excluding hydrogens is 308 g/mol. The zero-order valence-corrected chi connectivity index (χ0v) is 14.7. The molecule has 1 aromatic carbocycles. The van der Waals surface area contributed by atoms with Crippen LogP contribution in [0.3, 0.4) is 0 Å². The van der Waals surface area contributed by atoms with Crippen LogP contribution in [-0.2, 0) is 11.0 Å². The SMILES string of the molecule is COc1cccc(CO[Si](C)(C)C(C)(C)C)c1Br. The Morgan fingerprint density at radius 3 is 2.33 bits per heavy atom. The molecule has 0 aliphatic heterocycles. The fourth-order valence-electron chi connectivity index (χ4n) is 1.30. The lowest BCUT2D eigenvalue weighted by Gasteiger charge is -2.36. The first kappa shape index (κ1) is 15.7. The van der Waals surface area contributed by atoms with Crippen LogP contribution in [0.5, 0.6) is 5.75 Å². The first-order chi connectivity index (χ1) is 8.19. The van der Waals surface area contributed by atoms with Gasteiger partial charge in [0.2, 0.25) is 0 Å². The second kappa shape index (κ2) is 5.76. The van der Waals surface area contributed by atoms with Gasteiger partial charge in [-0.15, -0.1) is 0 Å². The van der Waals surface area contributed by atoms with Crippen LogP contribution in [-0.4, -0.2) is 15.4 Å². The molecule has 0 fully saturated rings. The Labute approximate surface area is 120 Å². The summed E-state index contributed by atoms with van der Waals surface area (Å²) >= 11 is 3.57. The molecule has 0 heterocycles. The third-order valence-corrected chi connectivity index (χ3v) is 9.04. The van der Waals surface area contributed by atoms with Gasteiger partial charge in [-0.05, 0) is 45.7 Å². The van der Waals surface area contributed by atoms with Crippen molar-refractivity contribution in [2.24, 2.45) is 0 Å². The summed E-state index contributed by atoms with van der Waals surface area (Å²) in [5, 5.41) is 0.234. The average molecular weight is 331 g/mol. The van der Waals surface area contributed by atoms with Gasteiger partial charge in [-0.2, -0.15) is 0 Å². The van der Waals surface area contributed by atoms with Crippen molar-refractivity contribution in [3.05, 3.63) is 28.2 Å². The van der Waals surface area contributed by atoms with E-state index >= 15 is 0 Å². The molecule has 0 spiro atoms. The molecule has 0 aliphatic rings. The minimum atomic E-state index is -1.70. The van der Waals surface area contributed by atoms with Crippen molar-refractivity contribution in [3.8, 4) is 5.75 Å². The lowest BCUT2D eigenvalue weighted by Crippen LogP contribution is -2.40. The van der Waals surface area contributed by atoms with Crippen LogP contribution in [0.25, 0.3) is 0 Å². The summed E-state index contributed by atoms with van der Waals surface area (Å²) in [6.45, 7) is 11.9. The van der Waals surface area contributed by atoms with E-state index in [1.165, 1.54) is 0 Å². The van der Waals surface area contributed by atoms with Crippen LogP contribution < -0.4 is 4.74 Å². The predicted octanol–water partition coefficient (Wildman–Crippen LogP) is 4.98. The second-order valence-corrected chi connectivity index (χ2v) is 11.6. The molecule has 0 saturated heterocycles. The number of methoxy groups -OCH3 is 1. The molecule has 1 rings (SSSR count). The maximum atomic E-state index is 6.21. The van der Waals surface area contributed by atoms with Gasteiger partial charge in [0, 0.05) is 0 Å². The van der Waals surface area contributed by atoms with Gasteiger partial charge in [0.1, 0.15) is 5.75 Å². The zero-order valence-electron chi connectivity index (χ0n) is 12.1. The molecule has 0 amide bonds. The number of hydrogen-bond donors (Lipinski definition) is 0.